The van der Waals surface area contributed by atoms with Crippen molar-refractivity contribution in [2.75, 3.05) is 13.2 Å². The van der Waals surface area contributed by atoms with Crippen LogP contribution in [0.2, 0.25) is 0 Å². The first-order valence-electron chi connectivity index (χ1n) is 15.7. The van der Waals surface area contributed by atoms with Gasteiger partial charge in [0.05, 0.1) is 21.8 Å². The minimum atomic E-state index is -0.191. The summed E-state index contributed by atoms with van der Waals surface area (Å²) in [5.41, 5.74) is 4.57. The van der Waals surface area contributed by atoms with Gasteiger partial charge < -0.3 is 9.47 Å². The number of ether oxygens (including phenoxy) is 2. The first-order chi connectivity index (χ1) is 22.5. The van der Waals surface area contributed by atoms with Gasteiger partial charge in [-0.3, -0.25) is 0 Å². The molecule has 4 heteroatoms. The molecule has 230 valence electrons. The first kappa shape index (κ1) is 31.6. The maximum atomic E-state index is 6.37. The second kappa shape index (κ2) is 14.8. The van der Waals surface area contributed by atoms with E-state index in [4.69, 9.17) is 9.47 Å². The van der Waals surface area contributed by atoms with E-state index in [2.05, 4.69) is 173 Å². The van der Waals surface area contributed by atoms with E-state index in [9.17, 15) is 0 Å². The highest BCUT2D eigenvalue weighted by molar-refractivity contribution is 7.97. The number of rotatable bonds is 11. The summed E-state index contributed by atoms with van der Waals surface area (Å²) in [5, 5.41) is 0. The molecule has 0 spiro atoms. The van der Waals surface area contributed by atoms with E-state index in [1.807, 2.05) is 0 Å². The summed E-state index contributed by atoms with van der Waals surface area (Å²) in [6.07, 6.45) is 0. The molecular formula is C42H40O2S2+2. The van der Waals surface area contributed by atoms with E-state index in [-0.39, 0.29) is 21.8 Å². The maximum absolute atomic E-state index is 6.37. The van der Waals surface area contributed by atoms with Gasteiger partial charge in [0.2, 0.25) is 0 Å². The highest BCUT2D eigenvalue weighted by Gasteiger charge is 2.31. The second-order valence-corrected chi connectivity index (χ2v) is 15.4. The van der Waals surface area contributed by atoms with Gasteiger partial charge in [-0.25, -0.2) is 0 Å². The fourth-order valence-corrected chi connectivity index (χ4v) is 10.4. The Hall–Kier alpha value is -4.38. The summed E-state index contributed by atoms with van der Waals surface area (Å²) in [7, 11) is -0.382. The third-order valence-electron chi connectivity index (χ3n) is 7.83. The minimum Gasteiger partial charge on any atom is -0.489 e. The highest BCUT2D eigenvalue weighted by atomic mass is 32.2. The van der Waals surface area contributed by atoms with Gasteiger partial charge in [-0.1, -0.05) is 72.8 Å². The maximum Gasteiger partial charge on any atom is 0.167 e. The molecule has 6 rings (SSSR count). The lowest BCUT2D eigenvalue weighted by atomic mass is 10.1. The van der Waals surface area contributed by atoms with Crippen LogP contribution in [0, 0.1) is 27.7 Å². The molecule has 0 bridgehead atoms. The Bertz CT molecular complexity index is 1610. The van der Waals surface area contributed by atoms with Crippen molar-refractivity contribution in [1.29, 1.82) is 0 Å². The Labute approximate surface area is 279 Å². The van der Waals surface area contributed by atoms with Gasteiger partial charge in [-0.2, -0.15) is 0 Å². The van der Waals surface area contributed by atoms with Crippen LogP contribution in [-0.2, 0) is 21.8 Å². The Balaban J connectivity index is 1.17. The van der Waals surface area contributed by atoms with Gasteiger partial charge in [-0.05, 0) is 98.5 Å². The quantitative estimate of drug-likeness (QED) is 0.104. The molecule has 0 saturated carbocycles. The summed E-state index contributed by atoms with van der Waals surface area (Å²) < 4.78 is 12.7. The van der Waals surface area contributed by atoms with Crippen LogP contribution in [-0.4, -0.2) is 13.2 Å². The molecule has 0 heterocycles. The summed E-state index contributed by atoms with van der Waals surface area (Å²) in [5.74, 6) is 1.88. The minimum absolute atomic E-state index is 0.191. The van der Waals surface area contributed by atoms with E-state index < -0.39 is 0 Å². The Morgan fingerprint density at radius 1 is 0.348 bits per heavy atom. The number of benzene rings is 6. The molecule has 0 N–H and O–H groups in total. The summed E-state index contributed by atoms with van der Waals surface area (Å²) in [4.78, 5) is 7.84. The van der Waals surface area contributed by atoms with Crippen molar-refractivity contribution < 1.29 is 9.47 Å². The largest absolute Gasteiger partial charge is 0.489 e. The van der Waals surface area contributed by atoms with Gasteiger partial charge >= 0.3 is 0 Å². The fraction of sp³-hybridized carbons (Fsp3) is 0.143. The van der Waals surface area contributed by atoms with Crippen molar-refractivity contribution in [1.82, 2.24) is 0 Å². The molecule has 0 radical (unpaired) electrons. The Morgan fingerprint density at radius 3 is 0.826 bits per heavy atom. The van der Waals surface area contributed by atoms with Crippen molar-refractivity contribution in [2.45, 2.75) is 57.1 Å². The van der Waals surface area contributed by atoms with Crippen LogP contribution >= 0.6 is 0 Å². The van der Waals surface area contributed by atoms with Crippen molar-refractivity contribution in [3.8, 4) is 11.5 Å². The number of hydrogen-bond donors (Lipinski definition) is 0. The molecule has 0 aromatic heterocycles. The Kier molecular flexibility index (Phi) is 10.2. The molecular weight excluding hydrogens is 601 g/mol. The molecule has 0 unspecified atom stereocenters. The van der Waals surface area contributed by atoms with Gasteiger partial charge in [0, 0.05) is 24.3 Å². The SMILES string of the molecule is Cc1cc([S+](c2ccccc2)c2ccccc2)cc(C)c1OCCOc1c(C)cc([S+](c2ccccc2)c2ccccc2)cc1C. The van der Waals surface area contributed by atoms with Crippen molar-refractivity contribution in [2.24, 2.45) is 0 Å². The molecule has 0 aliphatic heterocycles. The predicted octanol–water partition coefficient (Wildman–Crippen LogP) is 10.6. The van der Waals surface area contributed by atoms with Crippen LogP contribution in [0.3, 0.4) is 0 Å². The third kappa shape index (κ3) is 7.20. The molecule has 0 atom stereocenters. The number of hydrogen-bond acceptors (Lipinski definition) is 2. The summed E-state index contributed by atoms with van der Waals surface area (Å²) in [6.45, 7) is 9.54. The zero-order valence-corrected chi connectivity index (χ0v) is 28.5. The molecule has 0 aliphatic carbocycles. The van der Waals surface area contributed by atoms with E-state index in [1.165, 1.54) is 29.4 Å². The smallest absolute Gasteiger partial charge is 0.167 e. The molecule has 0 amide bonds. The molecule has 0 aliphatic rings. The topological polar surface area (TPSA) is 18.5 Å². The highest BCUT2D eigenvalue weighted by Crippen LogP contribution is 2.37. The summed E-state index contributed by atoms with van der Waals surface area (Å²) >= 11 is 0. The van der Waals surface area contributed by atoms with Crippen LogP contribution in [0.1, 0.15) is 22.3 Å². The third-order valence-corrected chi connectivity index (χ3v) is 12.2. The van der Waals surface area contributed by atoms with Crippen LogP contribution in [0.4, 0.5) is 0 Å². The van der Waals surface area contributed by atoms with Crippen molar-refractivity contribution >= 4 is 21.8 Å². The van der Waals surface area contributed by atoms with Gasteiger partial charge in [0.25, 0.3) is 0 Å². The van der Waals surface area contributed by atoms with Gasteiger partial charge in [0.15, 0.2) is 29.4 Å². The average molecular weight is 641 g/mol. The molecule has 0 saturated heterocycles. The monoisotopic (exact) mass is 640 g/mol. The van der Waals surface area contributed by atoms with Crippen molar-refractivity contribution in [3.05, 3.63) is 168 Å². The fourth-order valence-electron chi connectivity index (χ4n) is 5.84. The molecule has 0 fully saturated rings. The predicted molar refractivity (Wildman–Crippen MR) is 193 cm³/mol. The molecule has 46 heavy (non-hydrogen) atoms. The zero-order valence-electron chi connectivity index (χ0n) is 26.9. The normalized spacial score (nSPS) is 11.2. The van der Waals surface area contributed by atoms with E-state index in [0.717, 1.165) is 33.8 Å². The van der Waals surface area contributed by atoms with E-state index in [1.54, 1.807) is 0 Å². The summed E-state index contributed by atoms with van der Waals surface area (Å²) in [6, 6.07) is 52.2. The lowest BCUT2D eigenvalue weighted by Crippen LogP contribution is -2.13. The van der Waals surface area contributed by atoms with Crippen LogP contribution in [0.25, 0.3) is 0 Å². The zero-order chi connectivity index (χ0) is 31.9. The van der Waals surface area contributed by atoms with Crippen LogP contribution in [0.5, 0.6) is 11.5 Å². The first-order valence-corrected chi connectivity index (χ1v) is 18.1. The standard InChI is InChI=1S/C42H40O2S2/c1-31-27-39(45(35-17-9-5-10-18-35)36-19-11-6-12-20-36)28-32(2)41(31)43-25-26-44-42-33(3)29-40(30-34(42)4)46(37-21-13-7-14-22-37)38-23-15-8-16-24-38/h5-24,27-30H,25-26H2,1-4H3/q+2. The average Bonchev–Trinajstić information content (AvgIpc) is 3.07. The van der Waals surface area contributed by atoms with Crippen LogP contribution in [0.15, 0.2) is 175 Å². The Morgan fingerprint density at radius 2 is 0.587 bits per heavy atom. The lowest BCUT2D eigenvalue weighted by molar-refractivity contribution is 0.213. The van der Waals surface area contributed by atoms with E-state index >= 15 is 0 Å². The molecule has 6 aromatic carbocycles. The lowest BCUT2D eigenvalue weighted by Gasteiger charge is -2.17. The van der Waals surface area contributed by atoms with Crippen molar-refractivity contribution in [3.63, 3.8) is 0 Å². The van der Waals surface area contributed by atoms with E-state index in [0.29, 0.717) is 13.2 Å². The second-order valence-electron chi connectivity index (χ2n) is 11.3. The molecule has 6 aromatic rings. The van der Waals surface area contributed by atoms with Gasteiger partial charge in [-0.15, -0.1) is 0 Å². The molecule has 2 nitrogen and oxygen atoms in total. The van der Waals surface area contributed by atoms with Crippen LogP contribution < -0.4 is 9.47 Å². The number of aryl methyl sites for hydroxylation is 4. The van der Waals surface area contributed by atoms with Gasteiger partial charge in [0.1, 0.15) is 24.7 Å².